The number of ketones is 1. The lowest BCUT2D eigenvalue weighted by Crippen LogP contribution is -2.26. The van der Waals surface area contributed by atoms with Crippen LogP contribution in [0.25, 0.3) is 11.1 Å². The first-order chi connectivity index (χ1) is 22.8. The van der Waals surface area contributed by atoms with Crippen molar-refractivity contribution in [2.24, 2.45) is 0 Å². The Morgan fingerprint density at radius 3 is 1.60 bits per heavy atom. The molecule has 0 radical (unpaired) electrons. The number of rotatable bonds is 21. The second kappa shape index (κ2) is 20.8. The Morgan fingerprint density at radius 1 is 0.553 bits per heavy atom. The van der Waals surface area contributed by atoms with E-state index in [4.69, 9.17) is 14.2 Å². The Balaban J connectivity index is 1.43. The molecule has 0 bridgehead atoms. The van der Waals surface area contributed by atoms with Gasteiger partial charge >= 0.3 is 17.9 Å². The molecule has 3 aromatic carbocycles. The van der Waals surface area contributed by atoms with Gasteiger partial charge in [-0.1, -0.05) is 114 Å². The van der Waals surface area contributed by atoms with Crippen LogP contribution in [0.15, 0.2) is 72.8 Å². The van der Waals surface area contributed by atoms with Crippen LogP contribution in [0.4, 0.5) is 0 Å². The van der Waals surface area contributed by atoms with Gasteiger partial charge in [-0.3, -0.25) is 4.79 Å². The molecule has 7 heteroatoms. The van der Waals surface area contributed by atoms with Crippen molar-refractivity contribution in [1.82, 2.24) is 0 Å². The Labute approximate surface area is 280 Å². The fraction of sp³-hybridized carbons (Fsp3) is 0.450. The normalized spacial score (nSPS) is 11.5. The third-order valence-electron chi connectivity index (χ3n) is 8.08. The maximum Gasteiger partial charge on any atom is 0.347 e. The van der Waals surface area contributed by atoms with Crippen LogP contribution < -0.4 is 4.74 Å². The molecule has 0 fully saturated rings. The predicted molar refractivity (Wildman–Crippen MR) is 185 cm³/mol. The van der Waals surface area contributed by atoms with Crippen LogP contribution in [-0.4, -0.2) is 36.4 Å². The molecule has 0 spiro atoms. The molecule has 7 nitrogen and oxygen atoms in total. The van der Waals surface area contributed by atoms with Gasteiger partial charge in [0, 0.05) is 12.0 Å². The first-order valence-electron chi connectivity index (χ1n) is 17.3. The summed E-state index contributed by atoms with van der Waals surface area (Å²) < 4.78 is 16.0. The van der Waals surface area contributed by atoms with E-state index in [2.05, 4.69) is 13.8 Å². The summed E-state index contributed by atoms with van der Waals surface area (Å²) in [6.07, 6.45) is 13.0. The predicted octanol–water partition coefficient (Wildman–Crippen LogP) is 9.96. The second-order valence-corrected chi connectivity index (χ2v) is 12.0. The summed E-state index contributed by atoms with van der Waals surface area (Å²) in [5.41, 5.74) is 3.18. The molecule has 0 N–H and O–H groups in total. The summed E-state index contributed by atoms with van der Waals surface area (Å²) in [5.74, 6) is -1.34. The number of unbranched alkanes of at least 4 members (excludes halogenated alkanes) is 10. The number of carbonyl (C=O) groups excluding carboxylic acids is 4. The summed E-state index contributed by atoms with van der Waals surface area (Å²) in [7, 11) is 0. The van der Waals surface area contributed by atoms with E-state index < -0.39 is 24.0 Å². The average molecular weight is 643 g/mol. The lowest BCUT2D eigenvalue weighted by molar-refractivity contribution is -0.153. The maximum absolute atomic E-state index is 12.8. The van der Waals surface area contributed by atoms with Gasteiger partial charge in [0.15, 0.2) is 11.9 Å². The molecule has 1 atom stereocenters. The van der Waals surface area contributed by atoms with E-state index in [1.54, 1.807) is 12.1 Å². The number of esters is 3. The summed E-state index contributed by atoms with van der Waals surface area (Å²) in [6, 6.07) is 20.6. The van der Waals surface area contributed by atoms with E-state index in [1.165, 1.54) is 76.1 Å². The second-order valence-electron chi connectivity index (χ2n) is 12.0. The zero-order valence-corrected chi connectivity index (χ0v) is 28.3. The molecule has 1 unspecified atom stereocenters. The number of carbonyl (C=O) groups is 4. The van der Waals surface area contributed by atoms with Gasteiger partial charge < -0.3 is 14.2 Å². The van der Waals surface area contributed by atoms with Gasteiger partial charge in [-0.25, -0.2) is 14.4 Å². The Morgan fingerprint density at radius 2 is 1.02 bits per heavy atom. The van der Waals surface area contributed by atoms with Crippen LogP contribution in [0.1, 0.15) is 135 Å². The van der Waals surface area contributed by atoms with Gasteiger partial charge in [-0.15, -0.1) is 0 Å². The topological polar surface area (TPSA) is 96.0 Å². The van der Waals surface area contributed by atoms with Gasteiger partial charge in [0.05, 0.1) is 17.7 Å². The SMILES string of the molecule is CCCCCCCCOC(=O)C(C)OC(=O)c1ccc(OC(=O)c2ccc(-c3ccc(C(=O)CCCCCCCC)cc3)cc2)cc1. The molecular formula is C40H50O7. The summed E-state index contributed by atoms with van der Waals surface area (Å²) in [5, 5.41) is 0. The van der Waals surface area contributed by atoms with Gasteiger partial charge in [-0.2, -0.15) is 0 Å². The van der Waals surface area contributed by atoms with Gasteiger partial charge in [0.25, 0.3) is 0 Å². The van der Waals surface area contributed by atoms with Crippen molar-refractivity contribution in [2.75, 3.05) is 6.61 Å². The van der Waals surface area contributed by atoms with Gasteiger partial charge in [-0.05, 0) is 67.3 Å². The molecule has 3 aromatic rings. The number of hydrogen-bond acceptors (Lipinski definition) is 7. The van der Waals surface area contributed by atoms with Crippen LogP contribution in [-0.2, 0) is 14.3 Å². The van der Waals surface area contributed by atoms with Crippen molar-refractivity contribution in [3.8, 4) is 16.9 Å². The minimum atomic E-state index is -1.03. The highest BCUT2D eigenvalue weighted by atomic mass is 16.6. The number of ether oxygens (including phenoxy) is 3. The first kappa shape index (κ1) is 37.2. The van der Waals surface area contributed by atoms with E-state index in [0.29, 0.717) is 18.6 Å². The van der Waals surface area contributed by atoms with E-state index >= 15 is 0 Å². The fourth-order valence-electron chi connectivity index (χ4n) is 5.13. The van der Waals surface area contributed by atoms with Crippen molar-refractivity contribution < 1.29 is 33.4 Å². The lowest BCUT2D eigenvalue weighted by atomic mass is 9.99. The smallest absolute Gasteiger partial charge is 0.347 e. The molecule has 0 saturated heterocycles. The zero-order valence-electron chi connectivity index (χ0n) is 28.3. The van der Waals surface area contributed by atoms with Crippen LogP contribution in [0, 0.1) is 0 Å². The molecule has 0 aliphatic rings. The highest BCUT2D eigenvalue weighted by Crippen LogP contribution is 2.23. The molecule has 0 aliphatic carbocycles. The van der Waals surface area contributed by atoms with Crippen LogP contribution in [0.5, 0.6) is 5.75 Å². The van der Waals surface area contributed by atoms with Gasteiger partial charge in [0.1, 0.15) is 5.75 Å². The summed E-state index contributed by atoms with van der Waals surface area (Å²) >= 11 is 0. The molecule has 0 aromatic heterocycles. The minimum absolute atomic E-state index is 0.170. The molecule has 0 aliphatic heterocycles. The molecule has 0 saturated carbocycles. The van der Waals surface area contributed by atoms with Crippen molar-refractivity contribution >= 4 is 23.7 Å². The molecule has 47 heavy (non-hydrogen) atoms. The fourth-order valence-corrected chi connectivity index (χ4v) is 5.13. The van der Waals surface area contributed by atoms with Crippen molar-refractivity contribution in [3.05, 3.63) is 89.5 Å². The quantitative estimate of drug-likeness (QED) is 0.0494. The highest BCUT2D eigenvalue weighted by molar-refractivity contribution is 5.96. The monoisotopic (exact) mass is 642 g/mol. The lowest BCUT2D eigenvalue weighted by Gasteiger charge is -2.13. The molecular weight excluding hydrogens is 592 g/mol. The summed E-state index contributed by atoms with van der Waals surface area (Å²) in [6.45, 7) is 6.16. The van der Waals surface area contributed by atoms with Crippen molar-refractivity contribution in [3.63, 3.8) is 0 Å². The maximum atomic E-state index is 12.8. The van der Waals surface area contributed by atoms with E-state index in [9.17, 15) is 19.2 Å². The standard InChI is InChI=1S/C40H50O7/c1-4-6-8-10-12-14-16-37(41)33-21-17-31(18-22-33)32-19-23-34(24-20-32)40(44)47-36-27-25-35(26-28-36)39(43)46-30(3)38(42)45-29-15-13-11-9-7-5-2/h17-28,30H,4-16,29H2,1-3H3. The molecule has 252 valence electrons. The molecule has 0 heterocycles. The highest BCUT2D eigenvalue weighted by Gasteiger charge is 2.20. The third-order valence-corrected chi connectivity index (χ3v) is 8.08. The Bertz CT molecular complexity index is 1390. The van der Waals surface area contributed by atoms with E-state index in [-0.39, 0.29) is 17.1 Å². The van der Waals surface area contributed by atoms with Crippen LogP contribution >= 0.6 is 0 Å². The van der Waals surface area contributed by atoms with Crippen LogP contribution in [0.3, 0.4) is 0 Å². The van der Waals surface area contributed by atoms with E-state index in [1.807, 2.05) is 36.4 Å². The van der Waals surface area contributed by atoms with Crippen LogP contribution in [0.2, 0.25) is 0 Å². The average Bonchev–Trinajstić information content (AvgIpc) is 3.09. The Hall–Kier alpha value is -4.26. The molecule has 0 amide bonds. The number of benzene rings is 3. The third kappa shape index (κ3) is 13.2. The minimum Gasteiger partial charge on any atom is -0.463 e. The van der Waals surface area contributed by atoms with Crippen molar-refractivity contribution in [2.45, 2.75) is 110 Å². The Kier molecular flexibility index (Phi) is 16.4. The van der Waals surface area contributed by atoms with Crippen molar-refractivity contribution in [1.29, 1.82) is 0 Å². The summed E-state index contributed by atoms with van der Waals surface area (Å²) in [4.78, 5) is 50.0. The van der Waals surface area contributed by atoms with Gasteiger partial charge in [0.2, 0.25) is 0 Å². The zero-order chi connectivity index (χ0) is 33.9. The van der Waals surface area contributed by atoms with E-state index in [0.717, 1.165) is 48.8 Å². The molecule has 3 rings (SSSR count). The number of hydrogen-bond donors (Lipinski definition) is 0. The largest absolute Gasteiger partial charge is 0.463 e. The number of Topliss-reactive ketones (excluding diaryl/α,β-unsaturated/α-hetero) is 1. The first-order valence-corrected chi connectivity index (χ1v) is 17.3.